The Morgan fingerprint density at radius 2 is 0.945 bits per heavy atom. The lowest BCUT2D eigenvalue weighted by atomic mass is 9.74. The van der Waals surface area contributed by atoms with Crippen LogP contribution in [0, 0.1) is 22.7 Å². The van der Waals surface area contributed by atoms with E-state index in [1.54, 1.807) is 0 Å². The number of para-hydroxylation sites is 7. The second-order valence-electron chi connectivity index (χ2n) is 14.5. The van der Waals surface area contributed by atoms with Gasteiger partial charge in [0.15, 0.2) is 23.0 Å². The minimum absolute atomic E-state index is 0.0371. The van der Waals surface area contributed by atoms with E-state index in [2.05, 4.69) is 122 Å². The molecular formula is C49H34N4O2. The van der Waals surface area contributed by atoms with Crippen molar-refractivity contribution in [1.29, 1.82) is 10.5 Å². The monoisotopic (exact) mass is 710 g/mol. The normalized spacial score (nSPS) is 14.3. The summed E-state index contributed by atoms with van der Waals surface area (Å²) < 4.78 is 13.3. The number of hydrogen-bond donors (Lipinski definition) is 0. The average Bonchev–Trinajstić information content (AvgIpc) is 3.23. The standard InChI is InChI=1S/C49H34N4O2/c1-29(2)43-45(33-23-19-31(27-50)20-24-33)48(52-36-12-4-7-15-39(36)54-40-16-8-5-13-37(40)52)44-30(3)35-11-10-18-42-47(35)53(38-14-6-9-17-41(38)55-42)49(44)46(43)34-25-21-32(28-51)22-26-34/h4-26,29-30H,1-3H3. The average molecular weight is 711 g/mol. The smallest absolute Gasteiger partial charge is 0.151 e. The van der Waals surface area contributed by atoms with Crippen molar-refractivity contribution in [2.24, 2.45) is 0 Å². The van der Waals surface area contributed by atoms with E-state index in [4.69, 9.17) is 9.47 Å². The fourth-order valence-corrected chi connectivity index (χ4v) is 8.73. The van der Waals surface area contributed by atoms with Crippen molar-refractivity contribution >= 4 is 34.1 Å². The number of nitriles is 2. The Bertz CT molecular complexity index is 2750. The highest BCUT2D eigenvalue weighted by Crippen LogP contribution is 2.66. The van der Waals surface area contributed by atoms with Crippen LogP contribution in [-0.2, 0) is 0 Å². The first-order chi connectivity index (χ1) is 27.0. The van der Waals surface area contributed by atoms with Crippen molar-refractivity contribution in [3.05, 3.63) is 167 Å². The zero-order valence-electron chi connectivity index (χ0n) is 30.5. The van der Waals surface area contributed by atoms with E-state index in [0.29, 0.717) is 11.1 Å². The SMILES string of the molecule is CC(C)c1c(-c2ccc(C#N)cc2)c(N2c3ccccc3Oc3ccccc32)c2c(c1-c1ccc(C#N)cc1)N1c3ccccc3Oc3cccc(c31)C2C. The lowest BCUT2D eigenvalue weighted by Crippen LogP contribution is -2.28. The van der Waals surface area contributed by atoms with Gasteiger partial charge in [0, 0.05) is 22.6 Å². The summed E-state index contributed by atoms with van der Waals surface area (Å²) in [4.78, 5) is 4.81. The molecule has 7 aromatic rings. The largest absolute Gasteiger partial charge is 0.453 e. The summed E-state index contributed by atoms with van der Waals surface area (Å²) in [7, 11) is 0. The zero-order chi connectivity index (χ0) is 37.4. The van der Waals surface area contributed by atoms with Crippen LogP contribution in [0.15, 0.2) is 140 Å². The topological polar surface area (TPSA) is 72.5 Å². The van der Waals surface area contributed by atoms with Crippen LogP contribution in [0.4, 0.5) is 34.1 Å². The van der Waals surface area contributed by atoms with Crippen molar-refractivity contribution in [3.63, 3.8) is 0 Å². The van der Waals surface area contributed by atoms with Crippen molar-refractivity contribution in [1.82, 2.24) is 0 Å². The summed E-state index contributed by atoms with van der Waals surface area (Å²) in [6.45, 7) is 6.81. The van der Waals surface area contributed by atoms with E-state index in [0.717, 1.165) is 96.1 Å². The van der Waals surface area contributed by atoms with Gasteiger partial charge >= 0.3 is 0 Å². The number of nitrogens with zero attached hydrogens (tertiary/aromatic N) is 4. The number of anilines is 6. The first kappa shape index (κ1) is 32.4. The van der Waals surface area contributed by atoms with Crippen LogP contribution in [0.1, 0.15) is 60.4 Å². The van der Waals surface area contributed by atoms with Gasteiger partial charge in [-0.3, -0.25) is 0 Å². The lowest BCUT2D eigenvalue weighted by Gasteiger charge is -2.46. The minimum Gasteiger partial charge on any atom is -0.453 e. The third-order valence-corrected chi connectivity index (χ3v) is 11.1. The van der Waals surface area contributed by atoms with Crippen molar-refractivity contribution in [3.8, 4) is 57.4 Å². The molecule has 0 amide bonds. The summed E-state index contributed by atoms with van der Waals surface area (Å²) in [6, 6.07) is 51.7. The minimum atomic E-state index is -0.0947. The Kier molecular flexibility index (Phi) is 7.30. The fraction of sp³-hybridized carbons (Fsp3) is 0.102. The van der Waals surface area contributed by atoms with Gasteiger partial charge in [0.05, 0.1) is 57.4 Å². The molecule has 3 heterocycles. The van der Waals surface area contributed by atoms with Gasteiger partial charge in [0.25, 0.3) is 0 Å². The molecule has 0 radical (unpaired) electrons. The molecule has 1 atom stereocenters. The summed E-state index contributed by atoms with van der Waals surface area (Å²) in [5.74, 6) is 3.07. The van der Waals surface area contributed by atoms with Crippen molar-refractivity contribution < 1.29 is 9.47 Å². The highest BCUT2D eigenvalue weighted by Gasteiger charge is 2.44. The number of rotatable bonds is 4. The van der Waals surface area contributed by atoms with Crippen molar-refractivity contribution in [2.45, 2.75) is 32.6 Å². The second kappa shape index (κ2) is 12.4. The first-order valence-corrected chi connectivity index (χ1v) is 18.6. The Morgan fingerprint density at radius 3 is 1.44 bits per heavy atom. The molecule has 0 spiro atoms. The van der Waals surface area contributed by atoms with Gasteiger partial charge in [-0.1, -0.05) is 93.6 Å². The van der Waals surface area contributed by atoms with Crippen LogP contribution in [0.5, 0.6) is 23.0 Å². The molecule has 55 heavy (non-hydrogen) atoms. The number of fused-ring (bicyclic) bond motifs is 6. The number of hydrogen-bond acceptors (Lipinski definition) is 6. The summed E-state index contributed by atoms with van der Waals surface area (Å²) in [5.41, 5.74) is 14.9. The number of ether oxygens (including phenoxy) is 2. The summed E-state index contributed by atoms with van der Waals surface area (Å²) >= 11 is 0. The molecule has 0 aliphatic carbocycles. The van der Waals surface area contributed by atoms with Gasteiger partial charge in [-0.2, -0.15) is 10.5 Å². The maximum atomic E-state index is 9.89. The third kappa shape index (κ3) is 4.79. The van der Waals surface area contributed by atoms with E-state index in [-0.39, 0.29) is 11.8 Å². The molecule has 0 bridgehead atoms. The van der Waals surface area contributed by atoms with Crippen LogP contribution in [-0.4, -0.2) is 0 Å². The van der Waals surface area contributed by atoms with Crippen LogP contribution < -0.4 is 19.3 Å². The molecule has 10 rings (SSSR count). The summed E-state index contributed by atoms with van der Waals surface area (Å²) in [6.07, 6.45) is 0. The Balaban J connectivity index is 1.46. The molecule has 262 valence electrons. The van der Waals surface area contributed by atoms with Gasteiger partial charge in [0.1, 0.15) is 0 Å². The van der Waals surface area contributed by atoms with E-state index < -0.39 is 0 Å². The predicted molar refractivity (Wildman–Crippen MR) is 218 cm³/mol. The Hall–Kier alpha value is -7.28. The third-order valence-electron chi connectivity index (χ3n) is 11.1. The highest BCUT2D eigenvalue weighted by molar-refractivity contribution is 6.09. The second-order valence-corrected chi connectivity index (χ2v) is 14.5. The first-order valence-electron chi connectivity index (χ1n) is 18.6. The van der Waals surface area contributed by atoms with Gasteiger partial charge in [-0.25, -0.2) is 0 Å². The summed E-state index contributed by atoms with van der Waals surface area (Å²) in [5, 5.41) is 19.8. The Labute approximate surface area is 320 Å². The molecule has 6 heteroatoms. The highest BCUT2D eigenvalue weighted by atomic mass is 16.5. The molecule has 3 aliphatic rings. The quantitative estimate of drug-likeness (QED) is 0.181. The van der Waals surface area contributed by atoms with Gasteiger partial charge in [-0.05, 0) is 94.9 Å². The fourth-order valence-electron chi connectivity index (χ4n) is 8.73. The molecular weight excluding hydrogens is 677 g/mol. The van der Waals surface area contributed by atoms with Crippen LogP contribution >= 0.6 is 0 Å². The van der Waals surface area contributed by atoms with E-state index >= 15 is 0 Å². The van der Waals surface area contributed by atoms with E-state index in [1.807, 2.05) is 60.7 Å². The van der Waals surface area contributed by atoms with E-state index in [9.17, 15) is 10.5 Å². The van der Waals surface area contributed by atoms with Crippen LogP contribution in [0.2, 0.25) is 0 Å². The predicted octanol–water partition coefficient (Wildman–Crippen LogP) is 13.5. The maximum absolute atomic E-state index is 9.89. The number of benzene rings is 7. The molecule has 0 saturated carbocycles. The Morgan fingerprint density at radius 1 is 0.509 bits per heavy atom. The molecule has 6 nitrogen and oxygen atoms in total. The van der Waals surface area contributed by atoms with Gasteiger partial charge < -0.3 is 19.3 Å². The zero-order valence-corrected chi connectivity index (χ0v) is 30.5. The lowest BCUT2D eigenvalue weighted by molar-refractivity contribution is 0.474. The molecule has 0 aromatic heterocycles. The van der Waals surface area contributed by atoms with Crippen LogP contribution in [0.25, 0.3) is 22.3 Å². The molecule has 0 saturated heterocycles. The molecule has 1 unspecified atom stereocenters. The van der Waals surface area contributed by atoms with E-state index in [1.165, 1.54) is 0 Å². The molecule has 0 fully saturated rings. The van der Waals surface area contributed by atoms with Gasteiger partial charge in [-0.15, -0.1) is 0 Å². The maximum Gasteiger partial charge on any atom is 0.151 e. The van der Waals surface area contributed by atoms with Gasteiger partial charge in [0.2, 0.25) is 0 Å². The molecule has 0 N–H and O–H groups in total. The molecule has 3 aliphatic heterocycles. The molecule has 7 aromatic carbocycles. The van der Waals surface area contributed by atoms with Crippen molar-refractivity contribution in [2.75, 3.05) is 9.80 Å². The van der Waals surface area contributed by atoms with Crippen LogP contribution in [0.3, 0.4) is 0 Å².